The minimum absolute atomic E-state index is 0.865. The minimum atomic E-state index is 0.865. The van der Waals surface area contributed by atoms with Crippen molar-refractivity contribution in [2.24, 2.45) is 7.05 Å². The van der Waals surface area contributed by atoms with Gasteiger partial charge >= 0.3 is 0 Å². The molecule has 106 valence electrons. The summed E-state index contributed by atoms with van der Waals surface area (Å²) in [5.41, 5.74) is 3.61. The fourth-order valence-electron chi connectivity index (χ4n) is 2.14. The van der Waals surface area contributed by atoms with Crippen molar-refractivity contribution in [2.45, 2.75) is 17.8 Å². The Morgan fingerprint density at radius 3 is 2.67 bits per heavy atom. The second-order valence-electron chi connectivity index (χ2n) is 4.88. The molecule has 0 bridgehead atoms. The predicted octanol–water partition coefficient (Wildman–Crippen LogP) is 3.48. The van der Waals surface area contributed by atoms with E-state index in [1.807, 2.05) is 23.7 Å². The van der Waals surface area contributed by atoms with E-state index in [1.54, 1.807) is 24.2 Å². The van der Waals surface area contributed by atoms with E-state index in [0.29, 0.717) is 0 Å². The molecule has 3 aromatic rings. The van der Waals surface area contributed by atoms with Crippen LogP contribution < -0.4 is 0 Å². The number of pyridine rings is 1. The fourth-order valence-corrected chi connectivity index (χ4v) is 3.00. The minimum Gasteiger partial charge on any atom is -0.305 e. The monoisotopic (exact) mass is 296 g/mol. The van der Waals surface area contributed by atoms with E-state index in [-0.39, 0.29) is 0 Å². The van der Waals surface area contributed by atoms with Gasteiger partial charge in [-0.1, -0.05) is 41.6 Å². The molecular formula is C16H16N4S. The van der Waals surface area contributed by atoms with Gasteiger partial charge in [-0.05, 0) is 24.6 Å². The van der Waals surface area contributed by atoms with Crippen LogP contribution >= 0.6 is 11.8 Å². The molecule has 5 heteroatoms. The van der Waals surface area contributed by atoms with Crippen LogP contribution in [0.4, 0.5) is 0 Å². The highest BCUT2D eigenvalue weighted by Gasteiger charge is 2.11. The third kappa shape index (κ3) is 3.13. The van der Waals surface area contributed by atoms with Crippen molar-refractivity contribution >= 4 is 11.8 Å². The van der Waals surface area contributed by atoms with Crippen LogP contribution in [0, 0.1) is 6.92 Å². The SMILES string of the molecule is Cc1cccc(CSc2nnc(-c3ccncc3)n2C)c1. The first-order valence-corrected chi connectivity index (χ1v) is 7.71. The summed E-state index contributed by atoms with van der Waals surface area (Å²) in [5.74, 6) is 1.76. The van der Waals surface area contributed by atoms with Crippen LogP contribution in [0.25, 0.3) is 11.4 Å². The van der Waals surface area contributed by atoms with Crippen LogP contribution in [0.2, 0.25) is 0 Å². The van der Waals surface area contributed by atoms with E-state index < -0.39 is 0 Å². The third-order valence-electron chi connectivity index (χ3n) is 3.22. The maximum absolute atomic E-state index is 4.29. The summed E-state index contributed by atoms with van der Waals surface area (Å²) in [6.45, 7) is 2.11. The first-order chi connectivity index (χ1) is 10.2. The lowest BCUT2D eigenvalue weighted by molar-refractivity contribution is 0.793. The smallest absolute Gasteiger partial charge is 0.191 e. The normalized spacial score (nSPS) is 10.8. The van der Waals surface area contributed by atoms with Crippen molar-refractivity contribution < 1.29 is 0 Å². The zero-order chi connectivity index (χ0) is 14.7. The van der Waals surface area contributed by atoms with Crippen molar-refractivity contribution in [1.82, 2.24) is 19.7 Å². The summed E-state index contributed by atoms with van der Waals surface area (Å²) in [4.78, 5) is 4.03. The number of thioether (sulfide) groups is 1. The molecular weight excluding hydrogens is 280 g/mol. The lowest BCUT2D eigenvalue weighted by Gasteiger charge is -2.04. The van der Waals surface area contributed by atoms with Gasteiger partial charge in [0.05, 0.1) is 0 Å². The van der Waals surface area contributed by atoms with Crippen molar-refractivity contribution in [3.63, 3.8) is 0 Å². The summed E-state index contributed by atoms with van der Waals surface area (Å²) in [7, 11) is 1.99. The van der Waals surface area contributed by atoms with Crippen molar-refractivity contribution in [3.05, 3.63) is 59.9 Å². The largest absolute Gasteiger partial charge is 0.305 e. The summed E-state index contributed by atoms with van der Waals surface area (Å²) in [6.07, 6.45) is 3.53. The molecule has 0 aliphatic rings. The Labute approximate surface area is 128 Å². The molecule has 0 saturated carbocycles. The summed E-state index contributed by atoms with van der Waals surface area (Å²) in [6, 6.07) is 12.4. The van der Waals surface area contributed by atoms with Crippen molar-refractivity contribution in [1.29, 1.82) is 0 Å². The van der Waals surface area contributed by atoms with Gasteiger partial charge in [0.15, 0.2) is 11.0 Å². The van der Waals surface area contributed by atoms with Crippen LogP contribution in [0.3, 0.4) is 0 Å². The molecule has 0 fully saturated rings. The highest BCUT2D eigenvalue weighted by Crippen LogP contribution is 2.25. The number of aromatic nitrogens is 4. The van der Waals surface area contributed by atoms with E-state index in [9.17, 15) is 0 Å². The van der Waals surface area contributed by atoms with E-state index in [4.69, 9.17) is 0 Å². The van der Waals surface area contributed by atoms with Gasteiger partial charge in [0.25, 0.3) is 0 Å². The van der Waals surface area contributed by atoms with Gasteiger partial charge in [-0.25, -0.2) is 0 Å². The van der Waals surface area contributed by atoms with E-state index in [0.717, 1.165) is 22.3 Å². The Kier molecular flexibility index (Phi) is 4.01. The van der Waals surface area contributed by atoms with Crippen molar-refractivity contribution in [2.75, 3.05) is 0 Å². The molecule has 3 rings (SSSR count). The Morgan fingerprint density at radius 2 is 1.90 bits per heavy atom. The van der Waals surface area contributed by atoms with Crippen LogP contribution in [-0.4, -0.2) is 19.7 Å². The lowest BCUT2D eigenvalue weighted by atomic mass is 10.2. The molecule has 0 amide bonds. The maximum atomic E-state index is 4.29. The average molecular weight is 296 g/mol. The summed E-state index contributed by atoms with van der Waals surface area (Å²) >= 11 is 1.70. The van der Waals surface area contributed by atoms with Crippen LogP contribution in [0.5, 0.6) is 0 Å². The molecule has 0 spiro atoms. The number of aryl methyl sites for hydroxylation is 1. The van der Waals surface area contributed by atoms with Gasteiger partial charge in [0.2, 0.25) is 0 Å². The average Bonchev–Trinajstić information content (AvgIpc) is 2.87. The Hall–Kier alpha value is -2.14. The summed E-state index contributed by atoms with van der Waals surface area (Å²) < 4.78 is 2.02. The second kappa shape index (κ2) is 6.10. The molecule has 0 aliphatic carbocycles. The molecule has 2 aromatic heterocycles. The highest BCUT2D eigenvalue weighted by atomic mass is 32.2. The van der Waals surface area contributed by atoms with Gasteiger partial charge < -0.3 is 4.57 Å². The molecule has 0 unspecified atom stereocenters. The van der Waals surface area contributed by atoms with Gasteiger partial charge in [-0.2, -0.15) is 0 Å². The molecule has 0 aliphatic heterocycles. The maximum Gasteiger partial charge on any atom is 0.191 e. The van der Waals surface area contributed by atoms with Crippen LogP contribution in [-0.2, 0) is 12.8 Å². The highest BCUT2D eigenvalue weighted by molar-refractivity contribution is 7.98. The Balaban J connectivity index is 1.77. The van der Waals surface area contributed by atoms with Crippen LogP contribution in [0.1, 0.15) is 11.1 Å². The first kappa shape index (κ1) is 13.8. The first-order valence-electron chi connectivity index (χ1n) is 6.72. The number of hydrogen-bond acceptors (Lipinski definition) is 4. The van der Waals surface area contributed by atoms with Gasteiger partial charge in [0.1, 0.15) is 0 Å². The second-order valence-corrected chi connectivity index (χ2v) is 5.82. The molecule has 21 heavy (non-hydrogen) atoms. The zero-order valence-electron chi connectivity index (χ0n) is 12.0. The van der Waals surface area contributed by atoms with E-state index in [2.05, 4.69) is 46.4 Å². The Morgan fingerprint density at radius 1 is 1.10 bits per heavy atom. The molecule has 2 heterocycles. The quantitative estimate of drug-likeness (QED) is 0.691. The van der Waals surface area contributed by atoms with Gasteiger partial charge in [-0.15, -0.1) is 10.2 Å². The zero-order valence-corrected chi connectivity index (χ0v) is 12.8. The van der Waals surface area contributed by atoms with E-state index >= 15 is 0 Å². The fraction of sp³-hybridized carbons (Fsp3) is 0.188. The molecule has 0 radical (unpaired) electrons. The number of benzene rings is 1. The molecule has 0 saturated heterocycles. The standard InChI is InChI=1S/C16H16N4S/c1-12-4-3-5-13(10-12)11-21-16-19-18-15(20(16)2)14-6-8-17-9-7-14/h3-10H,11H2,1-2H3. The molecule has 1 aromatic carbocycles. The number of hydrogen-bond donors (Lipinski definition) is 0. The number of nitrogens with zero attached hydrogens (tertiary/aromatic N) is 4. The molecule has 0 atom stereocenters. The predicted molar refractivity (Wildman–Crippen MR) is 85.0 cm³/mol. The molecule has 4 nitrogen and oxygen atoms in total. The number of rotatable bonds is 4. The van der Waals surface area contributed by atoms with Gasteiger partial charge in [0, 0.05) is 30.8 Å². The summed E-state index contributed by atoms with van der Waals surface area (Å²) in [5, 5.41) is 9.49. The van der Waals surface area contributed by atoms with Gasteiger partial charge in [-0.3, -0.25) is 4.98 Å². The molecule has 0 N–H and O–H groups in total. The van der Waals surface area contributed by atoms with Crippen molar-refractivity contribution in [3.8, 4) is 11.4 Å². The van der Waals surface area contributed by atoms with Crippen LogP contribution in [0.15, 0.2) is 53.9 Å². The van der Waals surface area contributed by atoms with E-state index in [1.165, 1.54) is 11.1 Å². The Bertz CT molecular complexity index is 737. The topological polar surface area (TPSA) is 43.6 Å². The third-order valence-corrected chi connectivity index (χ3v) is 4.32. The lowest BCUT2D eigenvalue weighted by Crippen LogP contribution is -1.95.